The third kappa shape index (κ3) is 2.12. The van der Waals surface area contributed by atoms with E-state index in [0.29, 0.717) is 23.3 Å². The van der Waals surface area contributed by atoms with E-state index >= 15 is 0 Å². The standard InChI is InChI=1S/C19H20O3/c20-7-5-13-9-12-1-3-16(13)17-4-2-14(10-18(12)17)19(21)15-6-8-22-11-15/h2,4,6,8,10-13,16,20H,1,3,5,7,9H2/t12-,13-,16+/m1/s1. The lowest BCUT2D eigenvalue weighted by molar-refractivity contribution is 0.103. The highest BCUT2D eigenvalue weighted by molar-refractivity contribution is 6.08. The van der Waals surface area contributed by atoms with Gasteiger partial charge in [-0.05, 0) is 66.7 Å². The van der Waals surface area contributed by atoms with E-state index in [0.717, 1.165) is 18.4 Å². The smallest absolute Gasteiger partial charge is 0.196 e. The molecule has 0 saturated heterocycles. The zero-order valence-corrected chi connectivity index (χ0v) is 12.5. The fourth-order valence-electron chi connectivity index (χ4n) is 4.41. The highest BCUT2D eigenvalue weighted by Gasteiger charge is 2.39. The first kappa shape index (κ1) is 13.8. The van der Waals surface area contributed by atoms with Crippen molar-refractivity contribution in [3.05, 3.63) is 59.0 Å². The first-order valence-electron chi connectivity index (χ1n) is 8.09. The van der Waals surface area contributed by atoms with Gasteiger partial charge in [0.2, 0.25) is 0 Å². The van der Waals surface area contributed by atoms with Gasteiger partial charge in [-0.1, -0.05) is 12.1 Å². The van der Waals surface area contributed by atoms with Crippen LogP contribution in [0.15, 0.2) is 41.2 Å². The van der Waals surface area contributed by atoms with Crippen LogP contribution in [-0.4, -0.2) is 17.5 Å². The molecule has 1 aromatic carbocycles. The predicted octanol–water partition coefficient (Wildman–Crippen LogP) is 3.87. The van der Waals surface area contributed by atoms with Crippen LogP contribution in [0, 0.1) is 5.92 Å². The van der Waals surface area contributed by atoms with Crippen molar-refractivity contribution in [2.75, 3.05) is 6.61 Å². The zero-order chi connectivity index (χ0) is 15.1. The lowest BCUT2D eigenvalue weighted by atomic mass is 9.61. The minimum absolute atomic E-state index is 0.0323. The number of carbonyl (C=O) groups excluding carboxylic acids is 1. The van der Waals surface area contributed by atoms with Crippen LogP contribution in [-0.2, 0) is 0 Å². The summed E-state index contributed by atoms with van der Waals surface area (Å²) in [6.07, 6.45) is 7.52. The minimum atomic E-state index is 0.0323. The van der Waals surface area contributed by atoms with Gasteiger partial charge in [0.05, 0.1) is 11.8 Å². The maximum atomic E-state index is 12.5. The molecule has 0 aliphatic heterocycles. The predicted molar refractivity (Wildman–Crippen MR) is 83.1 cm³/mol. The van der Waals surface area contributed by atoms with E-state index in [-0.39, 0.29) is 12.4 Å². The van der Waals surface area contributed by atoms with Crippen LogP contribution in [0.4, 0.5) is 0 Å². The molecule has 0 unspecified atom stereocenters. The highest BCUT2D eigenvalue weighted by atomic mass is 16.3. The van der Waals surface area contributed by atoms with Crippen LogP contribution in [0.5, 0.6) is 0 Å². The summed E-state index contributed by atoms with van der Waals surface area (Å²) in [5.74, 6) is 1.75. The molecule has 3 nitrogen and oxygen atoms in total. The largest absolute Gasteiger partial charge is 0.472 e. The van der Waals surface area contributed by atoms with Gasteiger partial charge in [-0.25, -0.2) is 0 Å². The molecule has 1 N–H and O–H groups in total. The van der Waals surface area contributed by atoms with E-state index in [1.54, 1.807) is 6.07 Å². The molecule has 1 fully saturated rings. The molecule has 5 rings (SSSR count). The molecule has 1 heterocycles. The highest BCUT2D eigenvalue weighted by Crippen LogP contribution is 2.53. The van der Waals surface area contributed by atoms with E-state index in [1.807, 2.05) is 6.07 Å². The number of ketones is 1. The van der Waals surface area contributed by atoms with E-state index in [1.165, 1.54) is 36.5 Å². The molecule has 22 heavy (non-hydrogen) atoms. The van der Waals surface area contributed by atoms with Crippen LogP contribution < -0.4 is 0 Å². The van der Waals surface area contributed by atoms with E-state index in [4.69, 9.17) is 4.42 Å². The third-order valence-electron chi connectivity index (χ3n) is 5.45. The van der Waals surface area contributed by atoms with Crippen molar-refractivity contribution in [1.82, 2.24) is 0 Å². The molecule has 1 aromatic heterocycles. The van der Waals surface area contributed by atoms with Gasteiger partial charge < -0.3 is 9.52 Å². The van der Waals surface area contributed by atoms with Crippen molar-refractivity contribution in [1.29, 1.82) is 0 Å². The summed E-state index contributed by atoms with van der Waals surface area (Å²) in [5, 5.41) is 9.26. The molecule has 3 heteroatoms. The number of aliphatic hydroxyl groups is 1. The molecule has 3 atom stereocenters. The second kappa shape index (κ2) is 5.40. The number of hydrogen-bond donors (Lipinski definition) is 1. The van der Waals surface area contributed by atoms with Gasteiger partial charge in [-0.15, -0.1) is 0 Å². The maximum Gasteiger partial charge on any atom is 0.196 e. The molecular weight excluding hydrogens is 276 g/mol. The van der Waals surface area contributed by atoms with E-state index < -0.39 is 0 Å². The van der Waals surface area contributed by atoms with Crippen molar-refractivity contribution in [2.45, 2.75) is 37.5 Å². The van der Waals surface area contributed by atoms with Gasteiger partial charge in [0.25, 0.3) is 0 Å². The molecule has 114 valence electrons. The zero-order valence-electron chi connectivity index (χ0n) is 12.5. The third-order valence-corrected chi connectivity index (χ3v) is 5.45. The number of benzene rings is 1. The molecule has 3 aliphatic rings. The Labute approximate surface area is 130 Å². The van der Waals surface area contributed by atoms with Crippen molar-refractivity contribution in [2.24, 2.45) is 5.92 Å². The number of fused-ring (bicyclic) bond motifs is 2. The topological polar surface area (TPSA) is 50.4 Å². The van der Waals surface area contributed by atoms with Gasteiger partial charge in [-0.2, -0.15) is 0 Å². The Balaban J connectivity index is 1.69. The van der Waals surface area contributed by atoms with Gasteiger partial charge in [0, 0.05) is 12.2 Å². The number of furan rings is 1. The van der Waals surface area contributed by atoms with Gasteiger partial charge in [-0.3, -0.25) is 4.79 Å². The second-order valence-corrected chi connectivity index (χ2v) is 6.57. The summed E-state index contributed by atoms with van der Waals surface area (Å²) < 4.78 is 5.02. The van der Waals surface area contributed by atoms with E-state index in [2.05, 4.69) is 12.1 Å². The Morgan fingerprint density at radius 1 is 1.18 bits per heavy atom. The molecule has 0 amide bonds. The Morgan fingerprint density at radius 3 is 2.86 bits per heavy atom. The summed E-state index contributed by atoms with van der Waals surface area (Å²) in [5.41, 5.74) is 4.13. The number of hydrogen-bond acceptors (Lipinski definition) is 3. The maximum absolute atomic E-state index is 12.5. The Morgan fingerprint density at radius 2 is 2.09 bits per heavy atom. The lowest BCUT2D eigenvalue weighted by Crippen LogP contribution is -2.30. The number of carbonyl (C=O) groups is 1. The van der Waals surface area contributed by atoms with Crippen LogP contribution >= 0.6 is 0 Å². The Bertz CT molecular complexity index is 687. The molecule has 0 spiro atoms. The Hall–Kier alpha value is -1.87. The molecule has 2 aromatic rings. The lowest BCUT2D eigenvalue weighted by Gasteiger charge is -2.44. The van der Waals surface area contributed by atoms with Crippen molar-refractivity contribution >= 4 is 5.78 Å². The van der Waals surface area contributed by atoms with E-state index in [9.17, 15) is 9.90 Å². The first-order valence-corrected chi connectivity index (χ1v) is 8.09. The van der Waals surface area contributed by atoms with Crippen LogP contribution in [0.25, 0.3) is 0 Å². The monoisotopic (exact) mass is 296 g/mol. The normalized spacial score (nSPS) is 26.0. The fourth-order valence-corrected chi connectivity index (χ4v) is 4.41. The molecule has 3 aliphatic carbocycles. The van der Waals surface area contributed by atoms with Crippen LogP contribution in [0.1, 0.15) is 64.6 Å². The molecule has 0 radical (unpaired) electrons. The second-order valence-electron chi connectivity index (χ2n) is 6.57. The molecule has 2 bridgehead atoms. The fraction of sp³-hybridized carbons (Fsp3) is 0.421. The van der Waals surface area contributed by atoms with Crippen LogP contribution in [0.3, 0.4) is 0 Å². The van der Waals surface area contributed by atoms with Crippen molar-refractivity contribution in [3.63, 3.8) is 0 Å². The summed E-state index contributed by atoms with van der Waals surface area (Å²) in [6.45, 7) is 0.278. The Kier molecular flexibility index (Phi) is 3.38. The van der Waals surface area contributed by atoms with Gasteiger partial charge in [0.15, 0.2) is 5.78 Å². The molecular formula is C19H20O3. The average Bonchev–Trinajstić information content (AvgIpc) is 3.09. The van der Waals surface area contributed by atoms with Crippen LogP contribution in [0.2, 0.25) is 0 Å². The van der Waals surface area contributed by atoms with Crippen molar-refractivity contribution < 1.29 is 14.3 Å². The summed E-state index contributed by atoms with van der Waals surface area (Å²) in [7, 11) is 0. The minimum Gasteiger partial charge on any atom is -0.472 e. The number of rotatable bonds is 4. The van der Waals surface area contributed by atoms with Crippen molar-refractivity contribution in [3.8, 4) is 0 Å². The van der Waals surface area contributed by atoms with Gasteiger partial charge >= 0.3 is 0 Å². The average molecular weight is 296 g/mol. The summed E-state index contributed by atoms with van der Waals surface area (Å²) >= 11 is 0. The number of aliphatic hydroxyl groups excluding tert-OH is 1. The summed E-state index contributed by atoms with van der Waals surface area (Å²) in [6, 6.07) is 7.90. The molecule has 1 saturated carbocycles. The quantitative estimate of drug-likeness (QED) is 0.871. The first-order chi connectivity index (χ1) is 10.8. The van der Waals surface area contributed by atoms with Gasteiger partial charge in [0.1, 0.15) is 6.26 Å². The SMILES string of the molecule is O=C(c1ccoc1)c1ccc2c(c1)[C@@H]1CC[C@H]2[C@H](CCO)C1. The summed E-state index contributed by atoms with van der Waals surface area (Å²) in [4.78, 5) is 12.5.